The molecule has 0 radical (unpaired) electrons. The third-order valence-electron chi connectivity index (χ3n) is 2.73. The second-order valence-electron chi connectivity index (χ2n) is 3.78. The highest BCUT2D eigenvalue weighted by Gasteiger charge is 2.27. The van der Waals surface area contributed by atoms with Gasteiger partial charge < -0.3 is 5.73 Å². The smallest absolute Gasteiger partial charge is 0.0297 e. The Morgan fingerprint density at radius 2 is 2.00 bits per heavy atom. The Labute approximate surface area is 62.4 Å². The van der Waals surface area contributed by atoms with Crippen molar-refractivity contribution < 1.29 is 0 Å². The number of hydrogen-bond acceptors (Lipinski definition) is 2. The minimum absolute atomic E-state index is 0.486. The van der Waals surface area contributed by atoms with E-state index in [4.69, 9.17) is 5.73 Å². The zero-order valence-electron chi connectivity index (χ0n) is 6.42. The fraction of sp³-hybridized carbons (Fsp3) is 1.00. The molecule has 2 rings (SSSR count). The minimum atomic E-state index is 0.486. The van der Waals surface area contributed by atoms with Crippen LogP contribution in [0.2, 0.25) is 0 Å². The lowest BCUT2D eigenvalue weighted by molar-refractivity contribution is 0.101. The molecular formula is C8H16N2. The van der Waals surface area contributed by atoms with Crippen LogP contribution in [0.4, 0.5) is 0 Å². The summed E-state index contributed by atoms with van der Waals surface area (Å²) in [4.78, 5) is 2.48. The van der Waals surface area contributed by atoms with Crippen molar-refractivity contribution >= 4 is 0 Å². The monoisotopic (exact) mass is 140 g/mol. The van der Waals surface area contributed by atoms with E-state index in [2.05, 4.69) is 4.90 Å². The van der Waals surface area contributed by atoms with Crippen molar-refractivity contribution in [3.8, 4) is 0 Å². The Morgan fingerprint density at radius 3 is 2.40 bits per heavy atom. The van der Waals surface area contributed by atoms with E-state index in [1.165, 1.54) is 25.8 Å². The van der Waals surface area contributed by atoms with Crippen LogP contribution >= 0.6 is 0 Å². The number of rotatable bonds is 2. The molecule has 10 heavy (non-hydrogen) atoms. The fourth-order valence-corrected chi connectivity index (χ4v) is 1.80. The Kier molecular flexibility index (Phi) is 1.66. The molecule has 2 fully saturated rings. The zero-order valence-corrected chi connectivity index (χ0v) is 6.42. The molecule has 58 valence electrons. The van der Waals surface area contributed by atoms with Crippen LogP contribution in [0.5, 0.6) is 0 Å². The standard InChI is InChI=1S/C8H16N2/c9-8-5-10(6-8)4-7-2-1-3-7/h7-8H,1-6,9H2. The van der Waals surface area contributed by atoms with Crippen LogP contribution in [-0.2, 0) is 0 Å². The molecule has 0 aromatic heterocycles. The molecule has 0 bridgehead atoms. The van der Waals surface area contributed by atoms with Gasteiger partial charge in [0.05, 0.1) is 0 Å². The van der Waals surface area contributed by atoms with Crippen molar-refractivity contribution in [2.24, 2.45) is 11.7 Å². The topological polar surface area (TPSA) is 29.3 Å². The molecule has 0 aromatic carbocycles. The number of nitrogens with zero attached hydrogens (tertiary/aromatic N) is 1. The molecule has 1 aliphatic heterocycles. The summed E-state index contributed by atoms with van der Waals surface area (Å²) in [6, 6.07) is 0.486. The van der Waals surface area contributed by atoms with Gasteiger partial charge >= 0.3 is 0 Å². The Bertz CT molecular complexity index is 114. The van der Waals surface area contributed by atoms with Gasteiger partial charge in [-0.25, -0.2) is 0 Å². The van der Waals surface area contributed by atoms with Crippen LogP contribution < -0.4 is 5.73 Å². The van der Waals surface area contributed by atoms with Gasteiger partial charge in [0.25, 0.3) is 0 Å². The van der Waals surface area contributed by atoms with E-state index in [9.17, 15) is 0 Å². The molecule has 1 aliphatic carbocycles. The van der Waals surface area contributed by atoms with Gasteiger partial charge in [0.1, 0.15) is 0 Å². The summed E-state index contributed by atoms with van der Waals surface area (Å²) in [5, 5.41) is 0. The lowest BCUT2D eigenvalue weighted by Gasteiger charge is -2.41. The molecule has 0 amide bonds. The average Bonchev–Trinajstić information content (AvgIpc) is 1.72. The van der Waals surface area contributed by atoms with Gasteiger partial charge in [0.2, 0.25) is 0 Å². The van der Waals surface area contributed by atoms with Gasteiger partial charge in [0.15, 0.2) is 0 Å². The summed E-state index contributed by atoms with van der Waals surface area (Å²) in [5.41, 5.74) is 5.66. The largest absolute Gasteiger partial charge is 0.325 e. The third kappa shape index (κ3) is 1.18. The zero-order chi connectivity index (χ0) is 6.97. The second-order valence-corrected chi connectivity index (χ2v) is 3.78. The summed E-state index contributed by atoms with van der Waals surface area (Å²) in [6.07, 6.45) is 4.39. The molecule has 1 saturated carbocycles. The van der Waals surface area contributed by atoms with Crippen LogP contribution in [0.15, 0.2) is 0 Å². The number of hydrogen-bond donors (Lipinski definition) is 1. The minimum Gasteiger partial charge on any atom is -0.325 e. The maximum Gasteiger partial charge on any atom is 0.0297 e. The predicted octanol–water partition coefficient (Wildman–Crippen LogP) is 0.429. The van der Waals surface area contributed by atoms with Crippen molar-refractivity contribution in [3.05, 3.63) is 0 Å². The van der Waals surface area contributed by atoms with E-state index < -0.39 is 0 Å². The number of nitrogens with two attached hydrogens (primary N) is 1. The third-order valence-corrected chi connectivity index (χ3v) is 2.73. The molecule has 0 spiro atoms. The Morgan fingerprint density at radius 1 is 1.30 bits per heavy atom. The molecule has 2 heteroatoms. The van der Waals surface area contributed by atoms with Crippen LogP contribution in [0.3, 0.4) is 0 Å². The molecule has 2 N–H and O–H groups in total. The second kappa shape index (κ2) is 2.51. The van der Waals surface area contributed by atoms with Gasteiger partial charge in [-0.2, -0.15) is 0 Å². The summed E-state index contributed by atoms with van der Waals surface area (Å²) in [6.45, 7) is 3.63. The molecule has 0 atom stereocenters. The summed E-state index contributed by atoms with van der Waals surface area (Å²) in [7, 11) is 0. The van der Waals surface area contributed by atoms with Crippen molar-refractivity contribution in [2.75, 3.05) is 19.6 Å². The van der Waals surface area contributed by atoms with Crippen LogP contribution in [-0.4, -0.2) is 30.6 Å². The lowest BCUT2D eigenvalue weighted by Crippen LogP contribution is -2.57. The van der Waals surface area contributed by atoms with Gasteiger partial charge in [-0.1, -0.05) is 6.42 Å². The highest BCUT2D eigenvalue weighted by Crippen LogP contribution is 2.28. The quantitative estimate of drug-likeness (QED) is 0.602. The first-order valence-corrected chi connectivity index (χ1v) is 4.32. The maximum absolute atomic E-state index is 5.66. The van der Waals surface area contributed by atoms with E-state index in [0.29, 0.717) is 6.04 Å². The molecule has 2 aliphatic rings. The van der Waals surface area contributed by atoms with Crippen LogP contribution in [0, 0.1) is 5.92 Å². The van der Waals surface area contributed by atoms with Gasteiger partial charge in [-0.05, 0) is 18.8 Å². The summed E-state index contributed by atoms with van der Waals surface area (Å²) in [5.74, 6) is 1.02. The van der Waals surface area contributed by atoms with Gasteiger partial charge in [-0.3, -0.25) is 4.90 Å². The first-order valence-electron chi connectivity index (χ1n) is 4.32. The van der Waals surface area contributed by atoms with Crippen molar-refractivity contribution in [1.82, 2.24) is 4.90 Å². The average molecular weight is 140 g/mol. The van der Waals surface area contributed by atoms with Gasteiger partial charge in [-0.15, -0.1) is 0 Å². The van der Waals surface area contributed by atoms with Crippen molar-refractivity contribution in [1.29, 1.82) is 0 Å². The molecule has 0 aromatic rings. The summed E-state index contributed by atoms with van der Waals surface area (Å²) >= 11 is 0. The molecule has 0 unspecified atom stereocenters. The van der Waals surface area contributed by atoms with E-state index in [1.807, 2.05) is 0 Å². The fourth-order valence-electron chi connectivity index (χ4n) is 1.80. The molecule has 1 saturated heterocycles. The highest BCUT2D eigenvalue weighted by atomic mass is 15.2. The highest BCUT2D eigenvalue weighted by molar-refractivity contribution is 4.85. The van der Waals surface area contributed by atoms with E-state index in [0.717, 1.165) is 19.0 Å². The lowest BCUT2D eigenvalue weighted by atomic mass is 9.84. The maximum atomic E-state index is 5.66. The SMILES string of the molecule is NC1CN(CC2CCC2)C1. The molecule has 2 nitrogen and oxygen atoms in total. The van der Waals surface area contributed by atoms with E-state index in [-0.39, 0.29) is 0 Å². The van der Waals surface area contributed by atoms with Crippen molar-refractivity contribution in [2.45, 2.75) is 25.3 Å². The van der Waals surface area contributed by atoms with Crippen LogP contribution in [0.1, 0.15) is 19.3 Å². The first-order chi connectivity index (χ1) is 4.84. The molecule has 1 heterocycles. The van der Waals surface area contributed by atoms with Gasteiger partial charge in [0, 0.05) is 25.7 Å². The predicted molar refractivity (Wildman–Crippen MR) is 41.8 cm³/mol. The molecular weight excluding hydrogens is 124 g/mol. The summed E-state index contributed by atoms with van der Waals surface area (Å²) < 4.78 is 0. The Hall–Kier alpha value is -0.0800. The van der Waals surface area contributed by atoms with E-state index in [1.54, 1.807) is 0 Å². The number of likely N-dealkylation sites (tertiary alicyclic amines) is 1. The van der Waals surface area contributed by atoms with E-state index >= 15 is 0 Å². The Balaban J connectivity index is 1.62. The van der Waals surface area contributed by atoms with Crippen LogP contribution in [0.25, 0.3) is 0 Å². The normalized spacial score (nSPS) is 29.7. The van der Waals surface area contributed by atoms with Crippen molar-refractivity contribution in [3.63, 3.8) is 0 Å². The first kappa shape index (κ1) is 6.62.